The van der Waals surface area contributed by atoms with Gasteiger partial charge in [0.2, 0.25) is 5.88 Å². The molecule has 3 aromatic rings. The number of nitrogens with zero attached hydrogens (tertiary/aromatic N) is 3. The normalized spacial score (nSPS) is 10.9. The Kier molecular flexibility index (Phi) is 3.35. The van der Waals surface area contributed by atoms with E-state index in [-0.39, 0.29) is 0 Å². The van der Waals surface area contributed by atoms with Crippen LogP contribution < -0.4 is 10.1 Å². The van der Waals surface area contributed by atoms with Crippen LogP contribution in [0.5, 0.6) is 11.6 Å². The fourth-order valence-corrected chi connectivity index (χ4v) is 2.18. The van der Waals surface area contributed by atoms with Gasteiger partial charge in [-0.05, 0) is 18.7 Å². The second-order valence-electron chi connectivity index (χ2n) is 4.62. The highest BCUT2D eigenvalue weighted by atomic mass is 16.5. The summed E-state index contributed by atoms with van der Waals surface area (Å²) in [4.78, 5) is 4.54. The Morgan fingerprint density at radius 1 is 1.30 bits per heavy atom. The van der Waals surface area contributed by atoms with Gasteiger partial charge in [0, 0.05) is 25.0 Å². The first-order valence-corrected chi connectivity index (χ1v) is 6.46. The minimum Gasteiger partial charge on any atom is -0.436 e. The number of nitrogens with one attached hydrogen (secondary N) is 1. The van der Waals surface area contributed by atoms with Crippen LogP contribution in [0, 0.1) is 0 Å². The molecule has 0 unspecified atom stereocenters. The van der Waals surface area contributed by atoms with Crippen LogP contribution in [0.25, 0.3) is 10.9 Å². The fourth-order valence-electron chi connectivity index (χ4n) is 2.18. The van der Waals surface area contributed by atoms with Gasteiger partial charge in [0.05, 0.1) is 17.9 Å². The third-order valence-corrected chi connectivity index (χ3v) is 3.05. The molecule has 0 bridgehead atoms. The molecule has 0 fully saturated rings. The topological polar surface area (TPSA) is 52.0 Å². The molecule has 0 saturated heterocycles. The lowest BCUT2D eigenvalue weighted by atomic mass is 10.1. The van der Waals surface area contributed by atoms with Crippen LogP contribution in [0.1, 0.15) is 5.56 Å². The molecular formula is C15H16N4O. The van der Waals surface area contributed by atoms with E-state index in [1.165, 1.54) is 0 Å². The van der Waals surface area contributed by atoms with Crippen LogP contribution >= 0.6 is 0 Å². The lowest BCUT2D eigenvalue weighted by molar-refractivity contribution is 0.463. The third kappa shape index (κ3) is 2.48. The summed E-state index contributed by atoms with van der Waals surface area (Å²) in [6.45, 7) is 0.770. The molecule has 2 heterocycles. The molecule has 0 amide bonds. The Morgan fingerprint density at radius 2 is 2.15 bits per heavy atom. The highest BCUT2D eigenvalue weighted by molar-refractivity contribution is 5.82. The maximum Gasteiger partial charge on any atom is 0.220 e. The van der Waals surface area contributed by atoms with E-state index in [1.54, 1.807) is 10.9 Å². The second-order valence-corrected chi connectivity index (χ2v) is 4.62. The van der Waals surface area contributed by atoms with Crippen LogP contribution in [-0.4, -0.2) is 21.8 Å². The fraction of sp³-hybridized carbons (Fsp3) is 0.200. The first kappa shape index (κ1) is 12.6. The molecule has 0 saturated carbocycles. The van der Waals surface area contributed by atoms with Gasteiger partial charge in [-0.1, -0.05) is 18.2 Å². The summed E-state index contributed by atoms with van der Waals surface area (Å²) in [6, 6.07) is 10.0. The van der Waals surface area contributed by atoms with Gasteiger partial charge in [0.25, 0.3) is 0 Å². The first-order valence-electron chi connectivity index (χ1n) is 6.46. The van der Waals surface area contributed by atoms with Crippen molar-refractivity contribution < 1.29 is 4.74 Å². The lowest BCUT2D eigenvalue weighted by Crippen LogP contribution is -2.06. The van der Waals surface area contributed by atoms with Crippen molar-refractivity contribution in [1.82, 2.24) is 20.1 Å². The Balaban J connectivity index is 2.02. The summed E-state index contributed by atoms with van der Waals surface area (Å²) in [7, 11) is 3.78. The zero-order valence-electron chi connectivity index (χ0n) is 11.5. The average molecular weight is 268 g/mol. The summed E-state index contributed by atoms with van der Waals surface area (Å²) in [6.07, 6.45) is 3.49. The Hall–Kier alpha value is -2.40. The van der Waals surface area contributed by atoms with E-state index in [4.69, 9.17) is 4.74 Å². The number of pyridine rings is 1. The summed E-state index contributed by atoms with van der Waals surface area (Å²) in [5.41, 5.74) is 2.09. The van der Waals surface area contributed by atoms with E-state index in [1.807, 2.05) is 44.6 Å². The maximum atomic E-state index is 5.77. The summed E-state index contributed by atoms with van der Waals surface area (Å²) in [5, 5.41) is 8.40. The summed E-state index contributed by atoms with van der Waals surface area (Å²) in [5.74, 6) is 1.27. The van der Waals surface area contributed by atoms with Gasteiger partial charge in [-0.3, -0.25) is 4.68 Å². The van der Waals surface area contributed by atoms with Gasteiger partial charge in [0.1, 0.15) is 0 Å². The van der Waals surface area contributed by atoms with Gasteiger partial charge < -0.3 is 10.1 Å². The number of ether oxygens (including phenoxy) is 1. The molecular weight excluding hydrogens is 252 g/mol. The Bertz CT molecular complexity index is 736. The van der Waals surface area contributed by atoms with Gasteiger partial charge >= 0.3 is 0 Å². The molecule has 0 spiro atoms. The second kappa shape index (κ2) is 5.30. The molecule has 5 nitrogen and oxygen atoms in total. The molecule has 0 radical (unpaired) electrons. The van der Waals surface area contributed by atoms with E-state index in [0.717, 1.165) is 23.0 Å². The standard InChI is InChI=1S/C15H16N4O/c1-16-8-11-7-15(20-12-9-17-19(2)10-12)18-14-6-4-3-5-13(11)14/h3-7,9-10,16H,8H2,1-2H3. The Labute approximate surface area is 117 Å². The molecule has 102 valence electrons. The Morgan fingerprint density at radius 3 is 2.90 bits per heavy atom. The lowest BCUT2D eigenvalue weighted by Gasteiger charge is -2.09. The van der Waals surface area contributed by atoms with E-state index in [0.29, 0.717) is 11.6 Å². The number of para-hydroxylation sites is 1. The monoisotopic (exact) mass is 268 g/mol. The van der Waals surface area contributed by atoms with E-state index in [9.17, 15) is 0 Å². The first-order chi connectivity index (χ1) is 9.76. The summed E-state index contributed by atoms with van der Waals surface area (Å²) >= 11 is 0. The third-order valence-electron chi connectivity index (χ3n) is 3.05. The van der Waals surface area contributed by atoms with Crippen molar-refractivity contribution in [2.24, 2.45) is 7.05 Å². The zero-order valence-corrected chi connectivity index (χ0v) is 11.5. The largest absolute Gasteiger partial charge is 0.436 e. The van der Waals surface area contributed by atoms with Crippen LogP contribution in [-0.2, 0) is 13.6 Å². The predicted molar refractivity (Wildman–Crippen MR) is 77.8 cm³/mol. The van der Waals surface area contributed by atoms with Crippen LogP contribution in [0.15, 0.2) is 42.7 Å². The molecule has 1 aromatic carbocycles. The predicted octanol–water partition coefficient (Wildman–Crippen LogP) is 2.48. The van der Waals surface area contributed by atoms with Gasteiger partial charge in [0.15, 0.2) is 5.75 Å². The molecule has 3 rings (SSSR count). The van der Waals surface area contributed by atoms with E-state index >= 15 is 0 Å². The van der Waals surface area contributed by atoms with Crippen molar-refractivity contribution in [3.63, 3.8) is 0 Å². The number of hydrogen-bond acceptors (Lipinski definition) is 4. The van der Waals surface area contributed by atoms with Crippen LogP contribution in [0.2, 0.25) is 0 Å². The molecule has 2 aromatic heterocycles. The SMILES string of the molecule is CNCc1cc(Oc2cnn(C)c2)nc2ccccc12. The quantitative estimate of drug-likeness (QED) is 0.789. The molecule has 0 aliphatic rings. The van der Waals surface area contributed by atoms with Gasteiger partial charge in [-0.25, -0.2) is 4.98 Å². The van der Waals surface area contributed by atoms with Crippen molar-refractivity contribution in [1.29, 1.82) is 0 Å². The summed E-state index contributed by atoms with van der Waals surface area (Å²) < 4.78 is 7.47. The molecule has 5 heteroatoms. The van der Waals surface area contributed by atoms with Crippen LogP contribution in [0.4, 0.5) is 0 Å². The molecule has 0 aliphatic heterocycles. The van der Waals surface area contributed by atoms with Crippen molar-refractivity contribution in [2.45, 2.75) is 6.54 Å². The smallest absolute Gasteiger partial charge is 0.220 e. The molecule has 0 atom stereocenters. The molecule has 0 aliphatic carbocycles. The average Bonchev–Trinajstić information content (AvgIpc) is 2.84. The van der Waals surface area contributed by atoms with Crippen molar-refractivity contribution in [3.05, 3.63) is 48.3 Å². The number of hydrogen-bond donors (Lipinski definition) is 1. The zero-order chi connectivity index (χ0) is 13.9. The minimum absolute atomic E-state index is 0.585. The highest BCUT2D eigenvalue weighted by Crippen LogP contribution is 2.25. The number of rotatable bonds is 4. The number of aromatic nitrogens is 3. The maximum absolute atomic E-state index is 5.77. The van der Waals surface area contributed by atoms with E-state index in [2.05, 4.69) is 21.5 Å². The number of fused-ring (bicyclic) bond motifs is 1. The van der Waals surface area contributed by atoms with E-state index < -0.39 is 0 Å². The van der Waals surface area contributed by atoms with Gasteiger partial charge in [-0.15, -0.1) is 0 Å². The molecule has 20 heavy (non-hydrogen) atoms. The van der Waals surface area contributed by atoms with Crippen molar-refractivity contribution in [3.8, 4) is 11.6 Å². The van der Waals surface area contributed by atoms with Crippen molar-refractivity contribution >= 4 is 10.9 Å². The molecule has 1 N–H and O–H groups in total. The van der Waals surface area contributed by atoms with Crippen LogP contribution in [0.3, 0.4) is 0 Å². The van der Waals surface area contributed by atoms with Gasteiger partial charge in [-0.2, -0.15) is 5.10 Å². The van der Waals surface area contributed by atoms with Crippen molar-refractivity contribution in [2.75, 3.05) is 7.05 Å². The highest BCUT2D eigenvalue weighted by Gasteiger charge is 2.07. The minimum atomic E-state index is 0.585. The number of aryl methyl sites for hydroxylation is 1. The number of benzene rings is 1.